The molecule has 2 atom stereocenters. The largest absolute Gasteiger partial charge is 0.507 e. The summed E-state index contributed by atoms with van der Waals surface area (Å²) in [5, 5.41) is 12.0. The molecular formula is C31H28N2O4S. The molecule has 0 spiro atoms. The van der Waals surface area contributed by atoms with Crippen molar-refractivity contribution in [3.8, 4) is 5.75 Å². The summed E-state index contributed by atoms with van der Waals surface area (Å²) in [7, 11) is 0. The van der Waals surface area contributed by atoms with Crippen LogP contribution in [0, 0.1) is 6.92 Å². The number of carbonyl (C=O) groups is 2. The summed E-state index contributed by atoms with van der Waals surface area (Å²) in [5.74, 6) is -0.499. The molecule has 0 aliphatic carbocycles. The summed E-state index contributed by atoms with van der Waals surface area (Å²) in [6.45, 7) is 8.22. The minimum absolute atomic E-state index is 0.0510. The Labute approximate surface area is 225 Å². The van der Waals surface area contributed by atoms with Crippen molar-refractivity contribution in [3.63, 3.8) is 0 Å². The standard InChI is InChI=1S/C31H28N2O4S/c1-16(2)19-6-8-20(9-7-19)27-26(28(34)21-10-12-24-22(15-21)14-18(4)37-24)29(35)30(36)33(27)31-32-23-11-5-17(3)13-25(23)38-31/h5-13,15-16,18,27,34H,14H2,1-4H3/b28-26+/t18-,27+/m0/s1. The van der Waals surface area contributed by atoms with Gasteiger partial charge in [-0.25, -0.2) is 4.98 Å². The molecule has 4 aromatic rings. The number of fused-ring (bicyclic) bond motifs is 2. The van der Waals surface area contributed by atoms with E-state index in [-0.39, 0.29) is 17.4 Å². The predicted molar refractivity (Wildman–Crippen MR) is 150 cm³/mol. The molecule has 3 heterocycles. The van der Waals surface area contributed by atoms with E-state index in [0.717, 1.165) is 44.6 Å². The van der Waals surface area contributed by atoms with Crippen LogP contribution in [0.1, 0.15) is 60.5 Å². The van der Waals surface area contributed by atoms with Gasteiger partial charge in [-0.05, 0) is 72.4 Å². The second-order valence-electron chi connectivity index (χ2n) is 10.4. The molecule has 7 heteroatoms. The number of Topliss-reactive ketones (excluding diaryl/α,β-unsaturated/α-hetero) is 1. The average Bonchev–Trinajstić information content (AvgIpc) is 3.55. The number of aliphatic hydroxyl groups is 1. The van der Waals surface area contributed by atoms with E-state index in [1.807, 2.05) is 68.4 Å². The van der Waals surface area contributed by atoms with Crippen LogP contribution in [0.5, 0.6) is 5.75 Å². The van der Waals surface area contributed by atoms with Crippen LogP contribution in [0.25, 0.3) is 16.0 Å². The molecule has 3 aromatic carbocycles. The molecular weight excluding hydrogens is 496 g/mol. The SMILES string of the molecule is Cc1ccc2nc(N3C(=O)C(=O)/C(=C(/O)c4ccc5c(c4)C[C@H](C)O5)[C@H]3c3ccc(C(C)C)cc3)sc2c1. The lowest BCUT2D eigenvalue weighted by Crippen LogP contribution is -2.29. The first kappa shape index (κ1) is 24.4. The fourth-order valence-electron chi connectivity index (χ4n) is 5.26. The third kappa shape index (κ3) is 3.98. The third-order valence-electron chi connectivity index (χ3n) is 7.27. The molecule has 0 bridgehead atoms. The molecule has 1 fully saturated rings. The lowest BCUT2D eigenvalue weighted by molar-refractivity contribution is -0.132. The van der Waals surface area contributed by atoms with Gasteiger partial charge in [-0.15, -0.1) is 0 Å². The molecule has 1 aromatic heterocycles. The van der Waals surface area contributed by atoms with Crippen molar-refractivity contribution in [1.29, 1.82) is 0 Å². The summed E-state index contributed by atoms with van der Waals surface area (Å²) in [6, 6.07) is 18.4. The molecule has 1 saturated heterocycles. The lowest BCUT2D eigenvalue weighted by Gasteiger charge is -2.23. The number of amides is 1. The maximum atomic E-state index is 13.6. The Kier molecular flexibility index (Phi) is 5.83. The minimum atomic E-state index is -0.804. The zero-order chi connectivity index (χ0) is 26.7. The maximum Gasteiger partial charge on any atom is 0.301 e. The smallest absolute Gasteiger partial charge is 0.301 e. The predicted octanol–water partition coefficient (Wildman–Crippen LogP) is 6.68. The monoisotopic (exact) mass is 524 g/mol. The number of rotatable bonds is 4. The molecule has 1 N–H and O–H groups in total. The van der Waals surface area contributed by atoms with Gasteiger partial charge < -0.3 is 9.84 Å². The van der Waals surface area contributed by atoms with Gasteiger partial charge in [0.25, 0.3) is 5.78 Å². The zero-order valence-electron chi connectivity index (χ0n) is 21.7. The van der Waals surface area contributed by atoms with E-state index in [4.69, 9.17) is 9.72 Å². The number of ether oxygens (including phenoxy) is 1. The minimum Gasteiger partial charge on any atom is -0.507 e. The summed E-state index contributed by atoms with van der Waals surface area (Å²) in [5.41, 5.74) is 5.26. The first-order chi connectivity index (χ1) is 18.2. The Hall–Kier alpha value is -3.97. The van der Waals surface area contributed by atoms with Gasteiger partial charge in [0, 0.05) is 12.0 Å². The Morgan fingerprint density at radius 1 is 1.08 bits per heavy atom. The van der Waals surface area contributed by atoms with Crippen LogP contribution >= 0.6 is 11.3 Å². The molecule has 38 heavy (non-hydrogen) atoms. The number of carbonyl (C=O) groups excluding carboxylic acids is 2. The highest BCUT2D eigenvalue weighted by Gasteiger charge is 2.48. The van der Waals surface area contributed by atoms with Crippen molar-refractivity contribution in [2.45, 2.75) is 52.2 Å². The highest BCUT2D eigenvalue weighted by atomic mass is 32.1. The summed E-state index contributed by atoms with van der Waals surface area (Å²) >= 11 is 1.37. The normalized spacial score (nSPS) is 20.4. The van der Waals surface area contributed by atoms with Gasteiger partial charge in [0.1, 0.15) is 17.6 Å². The number of nitrogens with zero attached hydrogens (tertiary/aromatic N) is 2. The van der Waals surface area contributed by atoms with Gasteiger partial charge >= 0.3 is 5.91 Å². The molecule has 0 saturated carbocycles. The van der Waals surface area contributed by atoms with Crippen LogP contribution in [0.3, 0.4) is 0 Å². The van der Waals surface area contributed by atoms with E-state index < -0.39 is 17.7 Å². The van der Waals surface area contributed by atoms with Gasteiger partial charge in [0.15, 0.2) is 5.13 Å². The molecule has 6 rings (SSSR count). The Morgan fingerprint density at radius 2 is 1.84 bits per heavy atom. The summed E-state index contributed by atoms with van der Waals surface area (Å²) in [4.78, 5) is 33.3. The lowest BCUT2D eigenvalue weighted by atomic mass is 9.93. The van der Waals surface area contributed by atoms with Crippen LogP contribution in [0.15, 0.2) is 66.2 Å². The first-order valence-electron chi connectivity index (χ1n) is 12.8. The number of anilines is 1. The number of ketones is 1. The van der Waals surface area contributed by atoms with E-state index >= 15 is 0 Å². The van der Waals surface area contributed by atoms with Crippen molar-refractivity contribution >= 4 is 44.1 Å². The third-order valence-corrected chi connectivity index (χ3v) is 8.29. The Balaban J connectivity index is 1.53. The van der Waals surface area contributed by atoms with Crippen LogP contribution < -0.4 is 9.64 Å². The topological polar surface area (TPSA) is 79.7 Å². The first-order valence-corrected chi connectivity index (χ1v) is 13.6. The number of aromatic nitrogens is 1. The number of thiazole rings is 1. The van der Waals surface area contributed by atoms with E-state index in [9.17, 15) is 14.7 Å². The highest BCUT2D eigenvalue weighted by Crippen LogP contribution is 2.45. The Morgan fingerprint density at radius 3 is 2.58 bits per heavy atom. The van der Waals surface area contributed by atoms with Crippen molar-refractivity contribution in [2.24, 2.45) is 0 Å². The maximum absolute atomic E-state index is 13.6. The van der Waals surface area contributed by atoms with Crippen LogP contribution in [-0.2, 0) is 16.0 Å². The second-order valence-corrected chi connectivity index (χ2v) is 11.4. The number of benzene rings is 3. The quantitative estimate of drug-likeness (QED) is 0.183. The molecule has 6 nitrogen and oxygen atoms in total. The summed E-state index contributed by atoms with van der Waals surface area (Å²) < 4.78 is 6.74. The van der Waals surface area contributed by atoms with Crippen molar-refractivity contribution < 1.29 is 19.4 Å². The number of hydrogen-bond donors (Lipinski definition) is 1. The number of aryl methyl sites for hydroxylation is 1. The van der Waals surface area contributed by atoms with Crippen molar-refractivity contribution in [1.82, 2.24) is 4.98 Å². The van der Waals surface area contributed by atoms with Gasteiger partial charge in [-0.1, -0.05) is 55.5 Å². The van der Waals surface area contributed by atoms with E-state index in [0.29, 0.717) is 16.6 Å². The second kappa shape index (κ2) is 9.10. The van der Waals surface area contributed by atoms with E-state index in [1.54, 1.807) is 6.07 Å². The van der Waals surface area contributed by atoms with Gasteiger partial charge in [-0.3, -0.25) is 14.5 Å². The van der Waals surface area contributed by atoms with Gasteiger partial charge in [-0.2, -0.15) is 0 Å². The fourth-order valence-corrected chi connectivity index (χ4v) is 6.35. The molecule has 192 valence electrons. The fraction of sp³-hybridized carbons (Fsp3) is 0.258. The molecule has 2 aliphatic rings. The van der Waals surface area contributed by atoms with Crippen LogP contribution in [0.2, 0.25) is 0 Å². The average molecular weight is 525 g/mol. The van der Waals surface area contributed by atoms with Crippen molar-refractivity contribution in [2.75, 3.05) is 4.90 Å². The Bertz CT molecular complexity index is 1630. The van der Waals surface area contributed by atoms with Gasteiger partial charge in [0.2, 0.25) is 0 Å². The van der Waals surface area contributed by atoms with Gasteiger partial charge in [0.05, 0.1) is 21.8 Å². The highest BCUT2D eigenvalue weighted by molar-refractivity contribution is 7.22. The molecule has 1 amide bonds. The van der Waals surface area contributed by atoms with E-state index in [2.05, 4.69) is 13.8 Å². The molecule has 2 aliphatic heterocycles. The molecule has 0 radical (unpaired) electrons. The summed E-state index contributed by atoms with van der Waals surface area (Å²) in [6.07, 6.45) is 0.769. The van der Waals surface area contributed by atoms with Crippen LogP contribution in [-0.4, -0.2) is 27.9 Å². The van der Waals surface area contributed by atoms with Crippen LogP contribution in [0.4, 0.5) is 5.13 Å². The number of aliphatic hydroxyl groups excluding tert-OH is 1. The van der Waals surface area contributed by atoms with E-state index in [1.165, 1.54) is 16.2 Å². The molecule has 0 unspecified atom stereocenters. The zero-order valence-corrected chi connectivity index (χ0v) is 22.5. The van der Waals surface area contributed by atoms with Crippen molar-refractivity contribution in [3.05, 3.63) is 94.1 Å². The number of hydrogen-bond acceptors (Lipinski definition) is 6.